The number of likely N-dealkylation sites (tertiary alicyclic amines) is 1. The molecule has 2 saturated heterocycles. The molecule has 2 aliphatic heterocycles. The number of carbonyl (C=O) groups excluding carboxylic acids is 3. The first-order valence-electron chi connectivity index (χ1n) is 7.27. The van der Waals surface area contributed by atoms with Crippen LogP contribution in [0.5, 0.6) is 0 Å². The number of carbonyl (C=O) groups is 3. The van der Waals surface area contributed by atoms with Gasteiger partial charge in [-0.05, 0) is 30.4 Å². The molecule has 116 valence electrons. The summed E-state index contributed by atoms with van der Waals surface area (Å²) < 4.78 is 0. The van der Waals surface area contributed by atoms with Gasteiger partial charge in [0.2, 0.25) is 17.7 Å². The van der Waals surface area contributed by atoms with E-state index in [1.807, 2.05) is 30.5 Å². The van der Waals surface area contributed by atoms with Crippen LogP contribution in [0.2, 0.25) is 0 Å². The van der Waals surface area contributed by atoms with E-state index in [9.17, 15) is 14.4 Å². The number of imide groups is 1. The van der Waals surface area contributed by atoms with E-state index in [1.165, 1.54) is 0 Å². The van der Waals surface area contributed by atoms with E-state index < -0.39 is 5.41 Å². The van der Waals surface area contributed by atoms with Gasteiger partial charge in [0.15, 0.2) is 0 Å². The molecule has 1 spiro atoms. The third-order valence-corrected chi connectivity index (χ3v) is 5.15. The lowest BCUT2D eigenvalue weighted by Crippen LogP contribution is -2.37. The first-order chi connectivity index (χ1) is 10.5. The Hall–Kier alpha value is -1.82. The third kappa shape index (κ3) is 2.75. The van der Waals surface area contributed by atoms with Gasteiger partial charge < -0.3 is 4.90 Å². The largest absolute Gasteiger partial charge is 0.341 e. The average Bonchev–Trinajstić information content (AvgIpc) is 3.04. The SMILES string of the molecule is CSc1cccc(CC(=O)N2CCC3(CC(=O)NC3=O)C2)c1. The fourth-order valence-electron chi connectivity index (χ4n) is 3.17. The molecule has 1 aromatic carbocycles. The Morgan fingerprint density at radius 1 is 1.41 bits per heavy atom. The molecule has 0 radical (unpaired) electrons. The topological polar surface area (TPSA) is 66.5 Å². The van der Waals surface area contributed by atoms with Gasteiger partial charge in [-0.3, -0.25) is 19.7 Å². The fourth-order valence-corrected chi connectivity index (χ4v) is 3.66. The van der Waals surface area contributed by atoms with Crippen LogP contribution in [-0.2, 0) is 20.8 Å². The fraction of sp³-hybridized carbons (Fsp3) is 0.438. The summed E-state index contributed by atoms with van der Waals surface area (Å²) in [6.07, 6.45) is 3.11. The van der Waals surface area contributed by atoms with Crippen LogP contribution in [0.4, 0.5) is 0 Å². The van der Waals surface area contributed by atoms with E-state index in [0.29, 0.717) is 25.9 Å². The summed E-state index contributed by atoms with van der Waals surface area (Å²) >= 11 is 1.64. The standard InChI is InChI=1S/C16H18N2O3S/c1-22-12-4-2-3-11(7-12)8-14(20)18-6-5-16(10-18)9-13(19)17-15(16)21/h2-4,7H,5-6,8-10H2,1H3,(H,17,19,21). The van der Waals surface area contributed by atoms with Gasteiger partial charge in [0.1, 0.15) is 0 Å². The maximum Gasteiger partial charge on any atom is 0.235 e. The molecule has 2 aliphatic rings. The van der Waals surface area contributed by atoms with Crippen molar-refractivity contribution in [1.82, 2.24) is 10.2 Å². The van der Waals surface area contributed by atoms with Gasteiger partial charge in [-0.1, -0.05) is 12.1 Å². The van der Waals surface area contributed by atoms with Gasteiger partial charge >= 0.3 is 0 Å². The molecule has 1 atom stereocenters. The van der Waals surface area contributed by atoms with E-state index >= 15 is 0 Å². The Labute approximate surface area is 133 Å². The summed E-state index contributed by atoms with van der Waals surface area (Å²) in [7, 11) is 0. The van der Waals surface area contributed by atoms with Crippen molar-refractivity contribution >= 4 is 29.5 Å². The van der Waals surface area contributed by atoms with E-state index in [0.717, 1.165) is 10.5 Å². The molecule has 1 unspecified atom stereocenters. The van der Waals surface area contributed by atoms with E-state index in [2.05, 4.69) is 5.32 Å². The van der Waals surface area contributed by atoms with Gasteiger partial charge in [-0.2, -0.15) is 0 Å². The highest BCUT2D eigenvalue weighted by molar-refractivity contribution is 7.98. The van der Waals surface area contributed by atoms with Gasteiger partial charge in [-0.15, -0.1) is 11.8 Å². The van der Waals surface area contributed by atoms with Gasteiger partial charge in [-0.25, -0.2) is 0 Å². The normalized spacial score (nSPS) is 24.1. The molecule has 5 nitrogen and oxygen atoms in total. The lowest BCUT2D eigenvalue weighted by Gasteiger charge is -2.20. The van der Waals surface area contributed by atoms with Crippen LogP contribution in [0, 0.1) is 5.41 Å². The molecule has 22 heavy (non-hydrogen) atoms. The van der Waals surface area contributed by atoms with Crippen LogP contribution in [0.15, 0.2) is 29.2 Å². The summed E-state index contributed by atoms with van der Waals surface area (Å²) in [5.74, 6) is -0.438. The summed E-state index contributed by atoms with van der Waals surface area (Å²) in [6.45, 7) is 0.896. The number of hydrogen-bond acceptors (Lipinski definition) is 4. The molecule has 1 aromatic rings. The predicted molar refractivity (Wildman–Crippen MR) is 83.3 cm³/mol. The minimum Gasteiger partial charge on any atom is -0.341 e. The van der Waals surface area contributed by atoms with Crippen LogP contribution >= 0.6 is 11.8 Å². The van der Waals surface area contributed by atoms with Crippen molar-refractivity contribution in [3.63, 3.8) is 0 Å². The maximum atomic E-state index is 12.4. The predicted octanol–water partition coefficient (Wildman–Crippen LogP) is 1.22. The molecular weight excluding hydrogens is 300 g/mol. The Bertz CT molecular complexity index is 646. The molecule has 0 aliphatic carbocycles. The molecule has 2 heterocycles. The summed E-state index contributed by atoms with van der Waals surface area (Å²) in [5.41, 5.74) is 0.290. The zero-order chi connectivity index (χ0) is 15.7. The highest BCUT2D eigenvalue weighted by Crippen LogP contribution is 2.37. The molecule has 0 saturated carbocycles. The number of amides is 3. The first-order valence-corrected chi connectivity index (χ1v) is 8.50. The Kier molecular flexibility index (Phi) is 3.95. The van der Waals surface area contributed by atoms with Crippen LogP contribution in [0.25, 0.3) is 0 Å². The maximum absolute atomic E-state index is 12.4. The van der Waals surface area contributed by atoms with Crippen LogP contribution < -0.4 is 5.32 Å². The second kappa shape index (κ2) is 5.76. The quantitative estimate of drug-likeness (QED) is 0.672. The lowest BCUT2D eigenvalue weighted by atomic mass is 9.85. The highest BCUT2D eigenvalue weighted by Gasteiger charge is 2.51. The highest BCUT2D eigenvalue weighted by atomic mass is 32.2. The second-order valence-electron chi connectivity index (χ2n) is 5.93. The minimum atomic E-state index is -0.687. The molecule has 3 amide bonds. The van der Waals surface area contributed by atoms with Crippen LogP contribution in [-0.4, -0.2) is 42.0 Å². The van der Waals surface area contributed by atoms with E-state index in [-0.39, 0.29) is 24.1 Å². The van der Waals surface area contributed by atoms with Crippen LogP contribution in [0.3, 0.4) is 0 Å². The Morgan fingerprint density at radius 2 is 2.23 bits per heavy atom. The number of benzene rings is 1. The minimum absolute atomic E-state index is 0.0160. The molecule has 0 aromatic heterocycles. The van der Waals surface area contributed by atoms with Crippen molar-refractivity contribution in [2.45, 2.75) is 24.2 Å². The Morgan fingerprint density at radius 3 is 2.91 bits per heavy atom. The smallest absolute Gasteiger partial charge is 0.235 e. The average molecular weight is 318 g/mol. The van der Waals surface area contributed by atoms with Gasteiger partial charge in [0.05, 0.1) is 11.8 Å². The molecular formula is C16H18N2O3S. The zero-order valence-corrected chi connectivity index (χ0v) is 13.2. The number of nitrogens with one attached hydrogen (secondary N) is 1. The van der Waals surface area contributed by atoms with Crippen molar-refractivity contribution < 1.29 is 14.4 Å². The van der Waals surface area contributed by atoms with Crippen molar-refractivity contribution in [2.24, 2.45) is 5.41 Å². The number of thioether (sulfide) groups is 1. The molecule has 3 rings (SSSR count). The van der Waals surface area contributed by atoms with Gasteiger partial charge in [0.25, 0.3) is 0 Å². The summed E-state index contributed by atoms with van der Waals surface area (Å²) in [5, 5.41) is 2.36. The van der Waals surface area contributed by atoms with Crippen molar-refractivity contribution in [1.29, 1.82) is 0 Å². The number of nitrogens with zero attached hydrogens (tertiary/aromatic N) is 1. The van der Waals surface area contributed by atoms with E-state index in [1.54, 1.807) is 16.7 Å². The second-order valence-corrected chi connectivity index (χ2v) is 6.81. The first kappa shape index (κ1) is 15.1. The number of rotatable bonds is 3. The molecule has 0 bridgehead atoms. The summed E-state index contributed by atoms with van der Waals surface area (Å²) in [4.78, 5) is 38.6. The van der Waals surface area contributed by atoms with E-state index in [4.69, 9.17) is 0 Å². The van der Waals surface area contributed by atoms with Crippen molar-refractivity contribution in [3.8, 4) is 0 Å². The summed E-state index contributed by atoms with van der Waals surface area (Å²) in [6, 6.07) is 7.91. The van der Waals surface area contributed by atoms with Crippen molar-refractivity contribution in [2.75, 3.05) is 19.3 Å². The molecule has 2 fully saturated rings. The lowest BCUT2D eigenvalue weighted by molar-refractivity contribution is -0.131. The Balaban J connectivity index is 1.67. The van der Waals surface area contributed by atoms with Crippen LogP contribution in [0.1, 0.15) is 18.4 Å². The molecule has 6 heteroatoms. The zero-order valence-electron chi connectivity index (χ0n) is 12.4. The number of hydrogen-bond donors (Lipinski definition) is 1. The third-order valence-electron chi connectivity index (χ3n) is 4.43. The van der Waals surface area contributed by atoms with Gasteiger partial charge in [0, 0.05) is 24.4 Å². The molecule has 1 N–H and O–H groups in total. The van der Waals surface area contributed by atoms with Crippen molar-refractivity contribution in [3.05, 3.63) is 29.8 Å². The monoisotopic (exact) mass is 318 g/mol.